The van der Waals surface area contributed by atoms with Gasteiger partial charge in [-0.3, -0.25) is 9.79 Å². The average Bonchev–Trinajstić information content (AvgIpc) is 2.54. The Kier molecular flexibility index (Phi) is 7.18. The van der Waals surface area contributed by atoms with Crippen molar-refractivity contribution in [3.05, 3.63) is 0 Å². The molecule has 0 aromatic rings. The Morgan fingerprint density at radius 1 is 1.17 bits per heavy atom. The number of piperidine rings is 2. The highest BCUT2D eigenvalue weighted by Crippen LogP contribution is 2.18. The van der Waals surface area contributed by atoms with Gasteiger partial charge in [-0.15, -0.1) is 0 Å². The lowest BCUT2D eigenvalue weighted by Gasteiger charge is -2.34. The third-order valence-electron chi connectivity index (χ3n) is 5.00. The van der Waals surface area contributed by atoms with Gasteiger partial charge < -0.3 is 15.1 Å². The first-order valence-electron chi connectivity index (χ1n) is 9.44. The largest absolute Gasteiger partial charge is 0.357 e. The number of carbonyl (C=O) groups excluding carboxylic acids is 1. The highest BCUT2D eigenvalue weighted by atomic mass is 16.2. The molecule has 0 saturated carbocycles. The van der Waals surface area contributed by atoms with Crippen LogP contribution in [0.5, 0.6) is 0 Å². The fourth-order valence-corrected chi connectivity index (χ4v) is 3.68. The van der Waals surface area contributed by atoms with E-state index in [4.69, 9.17) is 4.99 Å². The van der Waals surface area contributed by atoms with E-state index in [-0.39, 0.29) is 5.91 Å². The minimum atomic E-state index is 0.267. The van der Waals surface area contributed by atoms with Gasteiger partial charge in [-0.2, -0.15) is 0 Å². The molecule has 1 N–H and O–H groups in total. The minimum Gasteiger partial charge on any atom is -0.357 e. The molecule has 0 bridgehead atoms. The third-order valence-corrected chi connectivity index (χ3v) is 5.00. The summed E-state index contributed by atoms with van der Waals surface area (Å²) in [6, 6.07) is 0.399. The number of hydrogen-bond donors (Lipinski definition) is 1. The first-order chi connectivity index (χ1) is 11.1. The molecule has 0 radical (unpaired) electrons. The van der Waals surface area contributed by atoms with Gasteiger partial charge in [-0.25, -0.2) is 0 Å². The summed E-state index contributed by atoms with van der Waals surface area (Å²) < 4.78 is 0. The van der Waals surface area contributed by atoms with Gasteiger partial charge in [-0.1, -0.05) is 6.92 Å². The van der Waals surface area contributed by atoms with E-state index in [0.29, 0.717) is 19.0 Å². The van der Waals surface area contributed by atoms with Gasteiger partial charge in [0, 0.05) is 38.6 Å². The van der Waals surface area contributed by atoms with Crippen molar-refractivity contribution in [1.29, 1.82) is 0 Å². The number of rotatable bonds is 4. The second-order valence-electron chi connectivity index (χ2n) is 7.11. The number of nitrogens with one attached hydrogen (secondary N) is 1. The molecule has 0 aromatic heterocycles. The van der Waals surface area contributed by atoms with Crippen LogP contribution in [-0.2, 0) is 4.79 Å². The summed E-state index contributed by atoms with van der Waals surface area (Å²) in [6.45, 7) is 11.1. The van der Waals surface area contributed by atoms with E-state index in [1.165, 1.54) is 19.3 Å². The van der Waals surface area contributed by atoms with Crippen molar-refractivity contribution in [2.75, 3.05) is 32.7 Å². The second kappa shape index (κ2) is 9.14. The molecule has 1 amide bonds. The molecule has 2 aliphatic rings. The summed E-state index contributed by atoms with van der Waals surface area (Å²) in [4.78, 5) is 21.5. The van der Waals surface area contributed by atoms with Crippen LogP contribution >= 0.6 is 0 Å². The Labute approximate surface area is 141 Å². The molecule has 2 unspecified atom stereocenters. The standard InChI is InChI=1S/C18H34N4O/c1-4-19-18(21-12-7-8-15(2)14-21)20-11-10-17(23)22-13-6-5-9-16(22)3/h15-16H,4-14H2,1-3H3,(H,19,20). The van der Waals surface area contributed by atoms with Crippen LogP contribution in [0.4, 0.5) is 0 Å². The molecule has 5 nitrogen and oxygen atoms in total. The molecule has 0 aromatic carbocycles. The van der Waals surface area contributed by atoms with Crippen molar-refractivity contribution >= 4 is 11.9 Å². The average molecular weight is 322 g/mol. The maximum Gasteiger partial charge on any atom is 0.224 e. The van der Waals surface area contributed by atoms with Gasteiger partial charge in [0.05, 0.1) is 6.54 Å². The van der Waals surface area contributed by atoms with Gasteiger partial charge >= 0.3 is 0 Å². The number of hydrogen-bond acceptors (Lipinski definition) is 2. The third kappa shape index (κ3) is 5.40. The van der Waals surface area contributed by atoms with Gasteiger partial charge in [-0.05, 0) is 51.9 Å². The second-order valence-corrected chi connectivity index (χ2v) is 7.11. The zero-order valence-electron chi connectivity index (χ0n) is 15.2. The summed E-state index contributed by atoms with van der Waals surface area (Å²) >= 11 is 0. The van der Waals surface area contributed by atoms with E-state index in [1.807, 2.05) is 0 Å². The Morgan fingerprint density at radius 3 is 2.70 bits per heavy atom. The van der Waals surface area contributed by atoms with E-state index in [2.05, 4.69) is 35.9 Å². The van der Waals surface area contributed by atoms with Crippen molar-refractivity contribution in [2.45, 2.75) is 65.3 Å². The number of nitrogens with zero attached hydrogens (tertiary/aromatic N) is 3. The summed E-state index contributed by atoms with van der Waals surface area (Å²) in [5.41, 5.74) is 0. The first-order valence-corrected chi connectivity index (χ1v) is 9.44. The van der Waals surface area contributed by atoms with E-state index in [0.717, 1.165) is 50.9 Å². The molecule has 2 atom stereocenters. The highest BCUT2D eigenvalue weighted by molar-refractivity contribution is 5.81. The quantitative estimate of drug-likeness (QED) is 0.639. The van der Waals surface area contributed by atoms with Crippen LogP contribution in [0.15, 0.2) is 4.99 Å². The van der Waals surface area contributed by atoms with Crippen LogP contribution in [0.25, 0.3) is 0 Å². The van der Waals surface area contributed by atoms with Gasteiger partial charge in [0.25, 0.3) is 0 Å². The number of carbonyl (C=O) groups is 1. The Morgan fingerprint density at radius 2 is 2.00 bits per heavy atom. The maximum absolute atomic E-state index is 12.4. The maximum atomic E-state index is 12.4. The van der Waals surface area contributed by atoms with E-state index in [1.54, 1.807) is 0 Å². The van der Waals surface area contributed by atoms with Crippen molar-refractivity contribution < 1.29 is 4.79 Å². The molecule has 2 saturated heterocycles. The van der Waals surface area contributed by atoms with E-state index >= 15 is 0 Å². The van der Waals surface area contributed by atoms with Crippen molar-refractivity contribution in [1.82, 2.24) is 15.1 Å². The minimum absolute atomic E-state index is 0.267. The lowest BCUT2D eigenvalue weighted by molar-refractivity contribution is -0.134. The van der Waals surface area contributed by atoms with Crippen LogP contribution in [0.3, 0.4) is 0 Å². The molecule has 5 heteroatoms. The number of likely N-dealkylation sites (tertiary alicyclic amines) is 2. The monoisotopic (exact) mass is 322 g/mol. The van der Waals surface area contributed by atoms with Crippen LogP contribution in [0, 0.1) is 5.92 Å². The Bertz CT molecular complexity index is 410. The summed E-state index contributed by atoms with van der Waals surface area (Å²) in [7, 11) is 0. The Balaban J connectivity index is 1.86. The molecule has 0 aliphatic carbocycles. The smallest absolute Gasteiger partial charge is 0.224 e. The SMILES string of the molecule is CCNC(=NCCC(=O)N1CCCCC1C)N1CCCC(C)C1. The summed E-state index contributed by atoms with van der Waals surface area (Å²) in [6.07, 6.45) is 6.61. The number of guanidine groups is 1. The molecule has 0 spiro atoms. The molecular weight excluding hydrogens is 288 g/mol. The predicted molar refractivity (Wildman–Crippen MR) is 95.6 cm³/mol. The van der Waals surface area contributed by atoms with Crippen molar-refractivity contribution in [3.8, 4) is 0 Å². The fraction of sp³-hybridized carbons (Fsp3) is 0.889. The van der Waals surface area contributed by atoms with E-state index in [9.17, 15) is 4.79 Å². The predicted octanol–water partition coefficient (Wildman–Crippen LogP) is 2.47. The number of aliphatic imine (C=N–C) groups is 1. The van der Waals surface area contributed by atoms with Crippen molar-refractivity contribution in [2.24, 2.45) is 10.9 Å². The van der Waals surface area contributed by atoms with Crippen LogP contribution < -0.4 is 5.32 Å². The molecule has 2 rings (SSSR count). The zero-order valence-corrected chi connectivity index (χ0v) is 15.2. The highest BCUT2D eigenvalue weighted by Gasteiger charge is 2.23. The normalized spacial score (nSPS) is 26.3. The summed E-state index contributed by atoms with van der Waals surface area (Å²) in [5, 5.41) is 3.39. The Hall–Kier alpha value is -1.26. The van der Waals surface area contributed by atoms with E-state index < -0.39 is 0 Å². The van der Waals surface area contributed by atoms with Crippen molar-refractivity contribution in [3.63, 3.8) is 0 Å². The topological polar surface area (TPSA) is 47.9 Å². The summed E-state index contributed by atoms with van der Waals surface area (Å²) in [5.74, 6) is 1.98. The van der Waals surface area contributed by atoms with Crippen LogP contribution in [0.1, 0.15) is 59.3 Å². The fourth-order valence-electron chi connectivity index (χ4n) is 3.68. The van der Waals surface area contributed by atoms with Crippen LogP contribution in [-0.4, -0.2) is 60.4 Å². The molecule has 23 heavy (non-hydrogen) atoms. The lowest BCUT2D eigenvalue weighted by Crippen LogP contribution is -2.46. The first kappa shape index (κ1) is 18.1. The molecular formula is C18H34N4O. The van der Waals surface area contributed by atoms with Gasteiger partial charge in [0.15, 0.2) is 5.96 Å². The van der Waals surface area contributed by atoms with Crippen LogP contribution in [0.2, 0.25) is 0 Å². The zero-order chi connectivity index (χ0) is 16.7. The molecule has 2 heterocycles. The van der Waals surface area contributed by atoms with Gasteiger partial charge in [0.2, 0.25) is 5.91 Å². The molecule has 2 aliphatic heterocycles. The lowest BCUT2D eigenvalue weighted by atomic mass is 10.0. The molecule has 2 fully saturated rings. The molecule has 132 valence electrons. The van der Waals surface area contributed by atoms with Gasteiger partial charge in [0.1, 0.15) is 0 Å². The number of amides is 1.